The Morgan fingerprint density at radius 3 is 2.42 bits per heavy atom. The van der Waals surface area contributed by atoms with Crippen molar-refractivity contribution in [3.63, 3.8) is 0 Å². The predicted molar refractivity (Wildman–Crippen MR) is 40.4 cm³/mol. The molecule has 3 amide bonds. The van der Waals surface area contributed by atoms with Crippen molar-refractivity contribution in [1.29, 1.82) is 0 Å². The molecule has 5 heteroatoms. The highest BCUT2D eigenvalue weighted by molar-refractivity contribution is 6.07. The van der Waals surface area contributed by atoms with Crippen molar-refractivity contribution in [2.45, 2.75) is 19.4 Å². The van der Waals surface area contributed by atoms with Gasteiger partial charge in [-0.25, -0.2) is 4.79 Å². The third-order valence-electron chi connectivity index (χ3n) is 1.95. The molecular weight excluding hydrogens is 160 g/mol. The van der Waals surface area contributed by atoms with E-state index in [1.54, 1.807) is 13.8 Å². The molecule has 0 radical (unpaired) electrons. The van der Waals surface area contributed by atoms with E-state index in [4.69, 9.17) is 0 Å². The lowest BCUT2D eigenvalue weighted by molar-refractivity contribution is -0.125. The van der Waals surface area contributed by atoms with E-state index in [0.29, 0.717) is 6.29 Å². The molecule has 66 valence electrons. The van der Waals surface area contributed by atoms with Crippen molar-refractivity contribution in [3.8, 4) is 0 Å². The van der Waals surface area contributed by atoms with Crippen molar-refractivity contribution in [2.24, 2.45) is 0 Å². The molecule has 1 aliphatic rings. The zero-order chi connectivity index (χ0) is 9.35. The smallest absolute Gasteiger partial charge is 0.303 e. The number of carbonyl (C=O) groups excluding carboxylic acids is 3. The minimum atomic E-state index is -0.905. The molecule has 12 heavy (non-hydrogen) atoms. The van der Waals surface area contributed by atoms with E-state index in [2.05, 4.69) is 5.32 Å². The fourth-order valence-corrected chi connectivity index (χ4v) is 1.08. The monoisotopic (exact) mass is 170 g/mol. The van der Waals surface area contributed by atoms with Gasteiger partial charge in [-0.05, 0) is 13.8 Å². The van der Waals surface area contributed by atoms with Gasteiger partial charge in [0.1, 0.15) is 11.8 Å². The highest BCUT2D eigenvalue weighted by Gasteiger charge is 2.44. The summed E-state index contributed by atoms with van der Waals surface area (Å²) in [4.78, 5) is 33.5. The second-order valence-corrected chi connectivity index (χ2v) is 3.10. The first-order valence-corrected chi connectivity index (χ1v) is 3.57. The summed E-state index contributed by atoms with van der Waals surface area (Å²) in [5.74, 6) is -0.366. The Labute approximate surface area is 69.7 Å². The second kappa shape index (κ2) is 2.58. The molecule has 1 saturated heterocycles. The van der Waals surface area contributed by atoms with Crippen LogP contribution in [0.1, 0.15) is 13.8 Å². The Morgan fingerprint density at radius 2 is 2.08 bits per heavy atom. The second-order valence-electron chi connectivity index (χ2n) is 3.10. The molecule has 0 aliphatic carbocycles. The van der Waals surface area contributed by atoms with Crippen LogP contribution in [0, 0.1) is 0 Å². The number of nitrogens with one attached hydrogen (secondary N) is 1. The zero-order valence-electron chi connectivity index (χ0n) is 6.96. The summed E-state index contributed by atoms with van der Waals surface area (Å²) in [6, 6.07) is -0.503. The molecule has 1 N–H and O–H groups in total. The fraction of sp³-hybridized carbons (Fsp3) is 0.571. The SMILES string of the molecule is CC1(C)C(=O)NC(=O)N1CC=O. The summed E-state index contributed by atoms with van der Waals surface area (Å²) in [5.41, 5.74) is -0.905. The van der Waals surface area contributed by atoms with Crippen LogP contribution < -0.4 is 5.32 Å². The number of amides is 3. The molecule has 1 heterocycles. The van der Waals surface area contributed by atoms with Gasteiger partial charge in [0.05, 0.1) is 6.54 Å². The molecule has 1 fully saturated rings. The molecule has 0 bridgehead atoms. The molecule has 0 aromatic carbocycles. The van der Waals surface area contributed by atoms with E-state index in [9.17, 15) is 14.4 Å². The van der Waals surface area contributed by atoms with E-state index >= 15 is 0 Å². The fourth-order valence-electron chi connectivity index (χ4n) is 1.08. The molecule has 0 saturated carbocycles. The van der Waals surface area contributed by atoms with Gasteiger partial charge in [-0.15, -0.1) is 0 Å². The number of urea groups is 1. The van der Waals surface area contributed by atoms with Crippen molar-refractivity contribution in [1.82, 2.24) is 10.2 Å². The van der Waals surface area contributed by atoms with Crippen LogP contribution in [-0.4, -0.2) is 35.2 Å². The minimum Gasteiger partial charge on any atom is -0.303 e. The summed E-state index contributed by atoms with van der Waals surface area (Å²) in [6.45, 7) is 3.14. The summed E-state index contributed by atoms with van der Waals surface area (Å²) in [5, 5.41) is 2.13. The summed E-state index contributed by atoms with van der Waals surface area (Å²) in [7, 11) is 0. The molecule has 5 nitrogen and oxygen atoms in total. The quantitative estimate of drug-likeness (QED) is 0.449. The van der Waals surface area contributed by atoms with Crippen LogP contribution in [0.4, 0.5) is 4.79 Å². The topological polar surface area (TPSA) is 66.5 Å². The average Bonchev–Trinajstić information content (AvgIpc) is 2.14. The van der Waals surface area contributed by atoms with Gasteiger partial charge in [0.15, 0.2) is 0 Å². The first kappa shape index (κ1) is 8.70. The van der Waals surface area contributed by atoms with Crippen LogP contribution in [0.15, 0.2) is 0 Å². The lowest BCUT2D eigenvalue weighted by Gasteiger charge is -2.25. The molecule has 0 unspecified atom stereocenters. The number of carbonyl (C=O) groups is 3. The number of nitrogens with zero attached hydrogens (tertiary/aromatic N) is 1. The Hall–Kier alpha value is -1.39. The number of rotatable bonds is 2. The van der Waals surface area contributed by atoms with E-state index < -0.39 is 11.6 Å². The van der Waals surface area contributed by atoms with E-state index in [-0.39, 0.29) is 12.5 Å². The van der Waals surface area contributed by atoms with Crippen LogP contribution in [0.25, 0.3) is 0 Å². The van der Waals surface area contributed by atoms with Gasteiger partial charge in [0.25, 0.3) is 5.91 Å². The van der Waals surface area contributed by atoms with E-state index in [1.807, 2.05) is 0 Å². The van der Waals surface area contributed by atoms with Crippen molar-refractivity contribution < 1.29 is 14.4 Å². The van der Waals surface area contributed by atoms with Crippen LogP contribution in [-0.2, 0) is 9.59 Å². The molecule has 1 aliphatic heterocycles. The molecule has 0 spiro atoms. The molecule has 1 rings (SSSR count). The van der Waals surface area contributed by atoms with Gasteiger partial charge in [-0.3, -0.25) is 10.1 Å². The van der Waals surface area contributed by atoms with Crippen LogP contribution >= 0.6 is 0 Å². The maximum Gasteiger partial charge on any atom is 0.325 e. The standard InChI is InChI=1S/C7H10N2O3/c1-7(2)5(11)8-6(12)9(7)3-4-10/h4H,3H2,1-2H3,(H,8,11,12). The Balaban J connectivity index is 2.90. The van der Waals surface area contributed by atoms with Crippen LogP contribution in [0.5, 0.6) is 0 Å². The lowest BCUT2D eigenvalue weighted by Crippen LogP contribution is -2.44. The summed E-state index contributed by atoms with van der Waals surface area (Å²) < 4.78 is 0. The molecule has 0 aromatic heterocycles. The summed E-state index contributed by atoms with van der Waals surface area (Å²) >= 11 is 0. The zero-order valence-corrected chi connectivity index (χ0v) is 6.96. The third kappa shape index (κ3) is 1.07. The van der Waals surface area contributed by atoms with E-state index in [1.165, 1.54) is 4.90 Å². The number of hydrogen-bond donors (Lipinski definition) is 1. The number of imide groups is 1. The van der Waals surface area contributed by atoms with Crippen LogP contribution in [0.3, 0.4) is 0 Å². The van der Waals surface area contributed by atoms with Gasteiger partial charge >= 0.3 is 6.03 Å². The Bertz CT molecular complexity index is 247. The summed E-state index contributed by atoms with van der Waals surface area (Å²) in [6.07, 6.45) is 0.597. The lowest BCUT2D eigenvalue weighted by atomic mass is 10.1. The molecular formula is C7H10N2O3. The first-order valence-electron chi connectivity index (χ1n) is 3.57. The van der Waals surface area contributed by atoms with Crippen molar-refractivity contribution in [2.75, 3.05) is 6.54 Å². The van der Waals surface area contributed by atoms with Gasteiger partial charge in [-0.2, -0.15) is 0 Å². The van der Waals surface area contributed by atoms with Gasteiger partial charge in [-0.1, -0.05) is 0 Å². The minimum absolute atomic E-state index is 0.0510. The average molecular weight is 170 g/mol. The molecule has 0 atom stereocenters. The largest absolute Gasteiger partial charge is 0.325 e. The van der Waals surface area contributed by atoms with Gasteiger partial charge in [0, 0.05) is 0 Å². The highest BCUT2D eigenvalue weighted by Crippen LogP contribution is 2.19. The highest BCUT2D eigenvalue weighted by atomic mass is 16.2. The van der Waals surface area contributed by atoms with Crippen molar-refractivity contribution >= 4 is 18.2 Å². The maximum atomic E-state index is 11.1. The number of hydrogen-bond acceptors (Lipinski definition) is 3. The van der Waals surface area contributed by atoms with E-state index in [0.717, 1.165) is 0 Å². The predicted octanol–water partition coefficient (Wildman–Crippen LogP) is -0.484. The maximum absolute atomic E-state index is 11.1. The Morgan fingerprint density at radius 1 is 1.50 bits per heavy atom. The Kier molecular flexibility index (Phi) is 1.87. The molecule has 0 aromatic rings. The van der Waals surface area contributed by atoms with Gasteiger partial charge in [0.2, 0.25) is 0 Å². The van der Waals surface area contributed by atoms with Crippen LogP contribution in [0.2, 0.25) is 0 Å². The van der Waals surface area contributed by atoms with Gasteiger partial charge < -0.3 is 9.69 Å². The number of aldehydes is 1. The normalized spacial score (nSPS) is 21.0. The van der Waals surface area contributed by atoms with Crippen molar-refractivity contribution in [3.05, 3.63) is 0 Å². The third-order valence-corrected chi connectivity index (χ3v) is 1.95. The first-order chi connectivity index (χ1) is 5.50.